The minimum absolute atomic E-state index is 0.162. The number of nitro groups is 1. The van der Waals surface area contributed by atoms with Crippen molar-refractivity contribution in [1.82, 2.24) is 0 Å². The summed E-state index contributed by atoms with van der Waals surface area (Å²) in [6, 6.07) is 10.3. The van der Waals surface area contributed by atoms with Gasteiger partial charge in [0, 0.05) is 24.2 Å². The van der Waals surface area contributed by atoms with Crippen molar-refractivity contribution >= 4 is 34.7 Å². The van der Waals surface area contributed by atoms with Crippen LogP contribution in [0.1, 0.15) is 31.1 Å². The SMILES string of the molecule is CC(=O)Nc1ccc(C(=O)CN2C(=O)C(C(C)C)Oc3cc([N+](=O)[O-])ccc32)cc1. The number of amides is 2. The standard InChI is InChI=1S/C21H21N3O6/c1-12(2)20-21(27)23(17-9-8-16(24(28)29)10-19(17)30-20)11-18(26)14-4-6-15(7-5-14)22-13(3)25/h4-10,12,20H,11H2,1-3H3,(H,22,25). The average Bonchev–Trinajstić information content (AvgIpc) is 2.69. The van der Waals surface area contributed by atoms with Crippen LogP contribution in [0.3, 0.4) is 0 Å². The van der Waals surface area contributed by atoms with Crippen molar-refractivity contribution in [1.29, 1.82) is 0 Å². The molecule has 0 spiro atoms. The van der Waals surface area contributed by atoms with Gasteiger partial charge in [-0.05, 0) is 36.2 Å². The third-order valence-electron chi connectivity index (χ3n) is 4.64. The molecular formula is C21H21N3O6. The van der Waals surface area contributed by atoms with Gasteiger partial charge in [0.25, 0.3) is 11.6 Å². The van der Waals surface area contributed by atoms with Crippen molar-refractivity contribution in [3.63, 3.8) is 0 Å². The summed E-state index contributed by atoms with van der Waals surface area (Å²) in [4.78, 5) is 48.8. The van der Waals surface area contributed by atoms with E-state index in [1.54, 1.807) is 38.1 Å². The highest BCUT2D eigenvalue weighted by atomic mass is 16.6. The lowest BCUT2D eigenvalue weighted by molar-refractivity contribution is -0.384. The molecular weight excluding hydrogens is 390 g/mol. The second-order valence-corrected chi connectivity index (χ2v) is 7.30. The largest absolute Gasteiger partial charge is 0.478 e. The molecule has 0 saturated heterocycles. The van der Waals surface area contributed by atoms with Crippen LogP contribution in [0.4, 0.5) is 17.1 Å². The molecule has 9 heteroatoms. The van der Waals surface area contributed by atoms with Crippen molar-refractivity contribution in [3.05, 3.63) is 58.1 Å². The summed E-state index contributed by atoms with van der Waals surface area (Å²) in [6.45, 7) is 4.74. The number of carbonyl (C=O) groups excluding carboxylic acids is 3. The molecule has 2 aromatic carbocycles. The Labute approximate surface area is 172 Å². The van der Waals surface area contributed by atoms with Gasteiger partial charge in [-0.25, -0.2) is 0 Å². The third-order valence-corrected chi connectivity index (χ3v) is 4.64. The Balaban J connectivity index is 1.90. The van der Waals surface area contributed by atoms with Crippen LogP contribution < -0.4 is 15.0 Å². The molecule has 0 saturated carbocycles. The lowest BCUT2D eigenvalue weighted by atomic mass is 10.0. The molecule has 0 bridgehead atoms. The minimum atomic E-state index is -0.852. The fraction of sp³-hybridized carbons (Fsp3) is 0.286. The number of nitrogens with one attached hydrogen (secondary N) is 1. The average molecular weight is 411 g/mol. The molecule has 0 aliphatic carbocycles. The Morgan fingerprint density at radius 1 is 1.20 bits per heavy atom. The Bertz CT molecular complexity index is 1020. The van der Waals surface area contributed by atoms with Gasteiger partial charge in [0.15, 0.2) is 17.6 Å². The van der Waals surface area contributed by atoms with Gasteiger partial charge in [0.05, 0.1) is 23.2 Å². The number of nitrogens with zero attached hydrogens (tertiary/aromatic N) is 2. The number of non-ortho nitro benzene ring substituents is 1. The van der Waals surface area contributed by atoms with E-state index in [-0.39, 0.29) is 41.5 Å². The summed E-state index contributed by atoms with van der Waals surface area (Å²) in [5.74, 6) is -0.921. The van der Waals surface area contributed by atoms with E-state index in [2.05, 4.69) is 5.32 Å². The highest BCUT2D eigenvalue weighted by molar-refractivity contribution is 6.08. The quantitative estimate of drug-likeness (QED) is 0.443. The molecule has 156 valence electrons. The smallest absolute Gasteiger partial charge is 0.273 e. The maximum atomic E-state index is 13.0. The molecule has 0 aromatic heterocycles. The predicted molar refractivity (Wildman–Crippen MR) is 110 cm³/mol. The maximum Gasteiger partial charge on any atom is 0.273 e. The summed E-state index contributed by atoms with van der Waals surface area (Å²) >= 11 is 0. The molecule has 1 atom stereocenters. The summed E-state index contributed by atoms with van der Waals surface area (Å²) < 4.78 is 5.72. The monoisotopic (exact) mass is 411 g/mol. The van der Waals surface area contributed by atoms with Crippen LogP contribution in [0.15, 0.2) is 42.5 Å². The minimum Gasteiger partial charge on any atom is -0.478 e. The van der Waals surface area contributed by atoms with Crippen LogP contribution in [-0.2, 0) is 9.59 Å². The van der Waals surface area contributed by atoms with E-state index in [1.165, 1.54) is 30.0 Å². The number of anilines is 2. The van der Waals surface area contributed by atoms with E-state index in [9.17, 15) is 24.5 Å². The van der Waals surface area contributed by atoms with Gasteiger partial charge in [0.2, 0.25) is 5.91 Å². The molecule has 0 fully saturated rings. The molecule has 30 heavy (non-hydrogen) atoms. The van der Waals surface area contributed by atoms with Crippen molar-refractivity contribution in [2.45, 2.75) is 26.9 Å². The van der Waals surface area contributed by atoms with Crippen LogP contribution in [-0.4, -0.2) is 35.2 Å². The summed E-state index contributed by atoms with van der Waals surface area (Å²) in [7, 11) is 0. The highest BCUT2D eigenvalue weighted by Crippen LogP contribution is 2.38. The third kappa shape index (κ3) is 4.29. The number of benzene rings is 2. The van der Waals surface area contributed by atoms with E-state index in [0.717, 1.165) is 0 Å². The molecule has 1 unspecified atom stereocenters. The van der Waals surface area contributed by atoms with Crippen LogP contribution in [0, 0.1) is 16.0 Å². The molecule has 1 aliphatic heterocycles. The van der Waals surface area contributed by atoms with Gasteiger partial charge in [-0.1, -0.05) is 13.8 Å². The van der Waals surface area contributed by atoms with Gasteiger partial charge in [-0.2, -0.15) is 0 Å². The summed E-state index contributed by atoms with van der Waals surface area (Å²) in [6.07, 6.45) is -0.852. The van der Waals surface area contributed by atoms with E-state index >= 15 is 0 Å². The van der Waals surface area contributed by atoms with E-state index in [0.29, 0.717) is 16.9 Å². The Morgan fingerprint density at radius 3 is 2.43 bits per heavy atom. The van der Waals surface area contributed by atoms with Crippen LogP contribution in [0.5, 0.6) is 5.75 Å². The van der Waals surface area contributed by atoms with Gasteiger partial charge in [-0.15, -0.1) is 0 Å². The van der Waals surface area contributed by atoms with Crippen molar-refractivity contribution in [2.24, 2.45) is 5.92 Å². The van der Waals surface area contributed by atoms with Crippen LogP contribution in [0.25, 0.3) is 0 Å². The summed E-state index contributed by atoms with van der Waals surface area (Å²) in [5, 5.41) is 13.7. The molecule has 1 aliphatic rings. The first-order valence-corrected chi connectivity index (χ1v) is 9.34. The summed E-state index contributed by atoms with van der Waals surface area (Å²) in [5.41, 5.74) is 1.07. The molecule has 2 amide bonds. The van der Waals surface area contributed by atoms with Gasteiger partial charge in [-0.3, -0.25) is 29.4 Å². The lowest BCUT2D eigenvalue weighted by Gasteiger charge is -2.35. The molecule has 9 nitrogen and oxygen atoms in total. The number of ether oxygens (including phenoxy) is 1. The normalized spacial score (nSPS) is 15.4. The maximum absolute atomic E-state index is 13.0. The Morgan fingerprint density at radius 2 is 1.87 bits per heavy atom. The van der Waals surface area contributed by atoms with Crippen molar-refractivity contribution in [3.8, 4) is 5.75 Å². The first-order chi connectivity index (χ1) is 14.2. The highest BCUT2D eigenvalue weighted by Gasteiger charge is 2.38. The number of rotatable bonds is 6. The van der Waals surface area contributed by atoms with Crippen LogP contribution >= 0.6 is 0 Å². The molecule has 2 aromatic rings. The first kappa shape index (κ1) is 21.0. The number of Topliss-reactive ketones (excluding diaryl/α,β-unsaturated/α-hetero) is 1. The fourth-order valence-electron chi connectivity index (χ4n) is 3.16. The molecule has 1 N–H and O–H groups in total. The zero-order valence-electron chi connectivity index (χ0n) is 16.7. The van der Waals surface area contributed by atoms with Gasteiger partial charge in [0.1, 0.15) is 0 Å². The number of carbonyl (C=O) groups is 3. The Kier molecular flexibility index (Phi) is 5.81. The molecule has 3 rings (SSSR count). The van der Waals surface area contributed by atoms with Crippen molar-refractivity contribution < 1.29 is 24.0 Å². The second-order valence-electron chi connectivity index (χ2n) is 7.30. The zero-order valence-corrected chi connectivity index (χ0v) is 16.7. The Hall–Kier alpha value is -3.75. The number of nitro benzene ring substituents is 1. The van der Waals surface area contributed by atoms with E-state index in [4.69, 9.17) is 4.74 Å². The fourth-order valence-corrected chi connectivity index (χ4v) is 3.16. The zero-order chi connectivity index (χ0) is 22.0. The second kappa shape index (κ2) is 8.32. The van der Waals surface area contributed by atoms with Crippen LogP contribution in [0.2, 0.25) is 0 Å². The number of fused-ring (bicyclic) bond motifs is 1. The molecule has 1 heterocycles. The van der Waals surface area contributed by atoms with E-state index in [1.807, 2.05) is 0 Å². The van der Waals surface area contributed by atoms with Gasteiger partial charge >= 0.3 is 0 Å². The number of hydrogen-bond acceptors (Lipinski definition) is 6. The lowest BCUT2D eigenvalue weighted by Crippen LogP contribution is -2.50. The predicted octanol–water partition coefficient (Wildman–Crippen LogP) is 3.19. The number of ketones is 1. The number of hydrogen-bond donors (Lipinski definition) is 1. The van der Waals surface area contributed by atoms with E-state index < -0.39 is 11.0 Å². The van der Waals surface area contributed by atoms with Crippen molar-refractivity contribution in [2.75, 3.05) is 16.8 Å². The first-order valence-electron chi connectivity index (χ1n) is 9.34. The van der Waals surface area contributed by atoms with Gasteiger partial charge < -0.3 is 10.1 Å². The topological polar surface area (TPSA) is 119 Å². The molecule has 0 radical (unpaired) electrons.